The van der Waals surface area contributed by atoms with Gasteiger partial charge in [-0.2, -0.15) is 71.8 Å². The van der Waals surface area contributed by atoms with Crippen molar-refractivity contribution < 1.29 is 37.1 Å². The summed E-state index contributed by atoms with van der Waals surface area (Å²) in [7, 11) is 0. The van der Waals surface area contributed by atoms with E-state index in [1.807, 2.05) is 38.1 Å². The second-order valence-electron chi connectivity index (χ2n) is 3.28. The van der Waals surface area contributed by atoms with E-state index in [-0.39, 0.29) is 37.1 Å². The van der Waals surface area contributed by atoms with Gasteiger partial charge < -0.3 is 0 Å². The summed E-state index contributed by atoms with van der Waals surface area (Å²) in [6.45, 7) is 8.25. The molecule has 2 aromatic rings. The first-order valence-corrected chi connectivity index (χ1v) is 6.31. The number of benzene rings is 2. The average molecular weight is 328 g/mol. The van der Waals surface area contributed by atoms with Gasteiger partial charge in [-0.05, 0) is 0 Å². The molecule has 0 N–H and O–H groups in total. The average Bonchev–Trinajstić information content (AvgIpc) is 2.44. The van der Waals surface area contributed by atoms with Crippen molar-refractivity contribution in [3.8, 4) is 11.1 Å². The molecule has 19 heavy (non-hydrogen) atoms. The Morgan fingerprint density at radius 2 is 0.895 bits per heavy atom. The maximum Gasteiger partial charge on any atom is 0 e. The van der Waals surface area contributed by atoms with E-state index in [0.717, 1.165) is 0 Å². The van der Waals surface area contributed by atoms with Crippen molar-refractivity contribution in [2.24, 2.45) is 0 Å². The molecule has 0 nitrogen and oxygen atoms in total. The van der Waals surface area contributed by atoms with E-state index in [2.05, 4.69) is 50.2 Å². The van der Waals surface area contributed by atoms with Crippen LogP contribution in [0, 0.1) is 12.1 Å². The van der Waals surface area contributed by atoms with E-state index in [4.69, 9.17) is 0 Å². The third kappa shape index (κ3) is 11.2. The molecule has 0 spiro atoms. The second kappa shape index (κ2) is 17.6. The van der Waals surface area contributed by atoms with Gasteiger partial charge in [0.05, 0.1) is 0 Å². The predicted octanol–water partition coefficient (Wildman–Crippen LogP) is 5.39. The summed E-state index contributed by atoms with van der Waals surface area (Å²) in [5.41, 5.74) is 2.45. The van der Waals surface area contributed by atoms with E-state index in [0.29, 0.717) is 0 Å². The van der Waals surface area contributed by atoms with Gasteiger partial charge in [0.2, 0.25) is 0 Å². The molecule has 0 aliphatic rings. The topological polar surface area (TPSA) is 0 Å². The molecule has 0 bridgehead atoms. The Bertz CT molecular complexity index is 320. The molecule has 2 radical (unpaired) electrons. The Kier molecular flexibility index (Phi) is 21.9. The molecule has 0 atom stereocenters. The summed E-state index contributed by atoms with van der Waals surface area (Å²) in [5, 5.41) is 0. The molecule has 0 aliphatic carbocycles. The Balaban J connectivity index is -0.000000327. The summed E-state index contributed by atoms with van der Waals surface area (Å²) in [6.07, 6.45) is 1.25. The van der Waals surface area contributed by atoms with E-state index >= 15 is 0 Å². The maximum atomic E-state index is 2.99. The smallest absolute Gasteiger partial charge is 0 e. The zero-order valence-corrected chi connectivity index (χ0v) is 15.0. The Morgan fingerprint density at radius 1 is 0.684 bits per heavy atom. The fourth-order valence-corrected chi connectivity index (χ4v) is 1.16. The van der Waals surface area contributed by atoms with Crippen LogP contribution in [-0.4, -0.2) is 0 Å². The van der Waals surface area contributed by atoms with E-state index in [1.165, 1.54) is 17.5 Å². The molecule has 0 unspecified atom stereocenters. The van der Waals surface area contributed by atoms with Crippen molar-refractivity contribution in [3.05, 3.63) is 60.7 Å². The van der Waals surface area contributed by atoms with Crippen LogP contribution in [0.3, 0.4) is 0 Å². The van der Waals surface area contributed by atoms with Crippen molar-refractivity contribution in [1.82, 2.24) is 0 Å². The van der Waals surface area contributed by atoms with Crippen LogP contribution in [0.5, 0.6) is 0 Å². The van der Waals surface area contributed by atoms with Gasteiger partial charge >= 0.3 is 0 Å². The molecule has 0 fully saturated rings. The molecule has 0 heterocycles. The normalized spacial score (nSPS) is 7.37. The van der Waals surface area contributed by atoms with E-state index in [9.17, 15) is 0 Å². The van der Waals surface area contributed by atoms with Gasteiger partial charge in [0.1, 0.15) is 0 Å². The fourth-order valence-electron chi connectivity index (χ4n) is 1.16. The summed E-state index contributed by atoms with van der Waals surface area (Å²) < 4.78 is 0. The SMILES string of the molecule is CC.CCC.[V].[V].[c-]1ccc(-c2cc[c-]cc2)cc1. The standard InChI is InChI=1S/C12H8.C3H8.C2H6.2V/c1-3-7-11(8-4-1)12-9-5-2-6-10-12;1-3-2;1-2;;/h3-10H;3H2,1-2H3;1-2H3;;/q-2;;;;. The minimum Gasteiger partial charge on any atom is -0.184 e. The zero-order chi connectivity index (χ0) is 12.9. The van der Waals surface area contributed by atoms with Crippen LogP contribution in [0.2, 0.25) is 0 Å². The molecular formula is C17H22V2-2. The third-order valence-corrected chi connectivity index (χ3v) is 1.77. The van der Waals surface area contributed by atoms with Crippen LogP contribution in [0.1, 0.15) is 34.1 Å². The van der Waals surface area contributed by atoms with Crippen LogP contribution >= 0.6 is 0 Å². The predicted molar refractivity (Wildman–Crippen MR) is 76.9 cm³/mol. The van der Waals surface area contributed by atoms with Gasteiger partial charge in [0.15, 0.2) is 0 Å². The monoisotopic (exact) mass is 328 g/mol. The van der Waals surface area contributed by atoms with Gasteiger partial charge in [0.25, 0.3) is 0 Å². The van der Waals surface area contributed by atoms with Crippen molar-refractivity contribution >= 4 is 0 Å². The quantitative estimate of drug-likeness (QED) is 0.616. The Hall–Kier alpha value is -0.391. The van der Waals surface area contributed by atoms with Crippen LogP contribution in [0.4, 0.5) is 0 Å². The largest absolute Gasteiger partial charge is 0.184 e. The molecule has 0 saturated heterocycles. The number of rotatable bonds is 1. The minimum atomic E-state index is 0. The van der Waals surface area contributed by atoms with E-state index in [1.54, 1.807) is 0 Å². The molecule has 2 heteroatoms. The summed E-state index contributed by atoms with van der Waals surface area (Å²) in [4.78, 5) is 0. The van der Waals surface area contributed by atoms with Crippen molar-refractivity contribution in [1.29, 1.82) is 0 Å². The number of hydrogen-bond acceptors (Lipinski definition) is 0. The third-order valence-electron chi connectivity index (χ3n) is 1.77. The molecule has 102 valence electrons. The van der Waals surface area contributed by atoms with Gasteiger partial charge in [-0.3, -0.25) is 0 Å². The van der Waals surface area contributed by atoms with Gasteiger partial charge in [0, 0.05) is 37.1 Å². The Labute approximate surface area is 142 Å². The first kappa shape index (κ1) is 23.7. The minimum absolute atomic E-state index is 0. The van der Waals surface area contributed by atoms with Crippen LogP contribution in [0.25, 0.3) is 11.1 Å². The van der Waals surface area contributed by atoms with Crippen LogP contribution in [-0.2, 0) is 37.1 Å². The van der Waals surface area contributed by atoms with Crippen molar-refractivity contribution in [3.63, 3.8) is 0 Å². The Morgan fingerprint density at radius 3 is 1.11 bits per heavy atom. The zero-order valence-electron chi connectivity index (χ0n) is 12.2. The molecule has 0 aliphatic heterocycles. The molecule has 2 rings (SSSR count). The maximum absolute atomic E-state index is 2.99. The van der Waals surface area contributed by atoms with Crippen LogP contribution in [0.15, 0.2) is 48.5 Å². The van der Waals surface area contributed by atoms with Crippen LogP contribution < -0.4 is 0 Å². The molecule has 0 aromatic heterocycles. The summed E-state index contributed by atoms with van der Waals surface area (Å²) in [5.74, 6) is 0. The first-order valence-electron chi connectivity index (χ1n) is 6.31. The molecule has 0 amide bonds. The summed E-state index contributed by atoms with van der Waals surface area (Å²) >= 11 is 0. The van der Waals surface area contributed by atoms with Crippen molar-refractivity contribution in [2.75, 3.05) is 0 Å². The fraction of sp³-hybridized carbons (Fsp3) is 0.294. The summed E-state index contributed by atoms with van der Waals surface area (Å²) in [6, 6.07) is 21.9. The molecular weight excluding hydrogens is 306 g/mol. The second-order valence-corrected chi connectivity index (χ2v) is 3.28. The molecule has 2 aromatic carbocycles. The van der Waals surface area contributed by atoms with Gasteiger partial charge in [-0.25, -0.2) is 0 Å². The van der Waals surface area contributed by atoms with Gasteiger partial charge in [-0.1, -0.05) is 34.1 Å². The van der Waals surface area contributed by atoms with Gasteiger partial charge in [-0.15, -0.1) is 0 Å². The first-order chi connectivity index (χ1) is 8.38. The van der Waals surface area contributed by atoms with E-state index < -0.39 is 0 Å². The number of hydrogen-bond donors (Lipinski definition) is 0. The van der Waals surface area contributed by atoms with Crippen molar-refractivity contribution in [2.45, 2.75) is 34.1 Å². The molecule has 0 saturated carbocycles.